The van der Waals surface area contributed by atoms with Crippen LogP contribution in [0.5, 0.6) is 0 Å². The first kappa shape index (κ1) is 29.7. The van der Waals surface area contributed by atoms with E-state index in [1.54, 1.807) is 12.2 Å². The van der Waals surface area contributed by atoms with Gasteiger partial charge in [0.1, 0.15) is 0 Å². The first-order chi connectivity index (χ1) is 18.7. The van der Waals surface area contributed by atoms with Crippen molar-refractivity contribution in [2.75, 3.05) is 13.1 Å². The zero-order valence-electron chi connectivity index (χ0n) is 21.3. The Kier molecular flexibility index (Phi) is 14.6. The molecular formula is C30H30N4O4. The molecule has 0 unspecified atom stereocenters. The summed E-state index contributed by atoms with van der Waals surface area (Å²) in [5, 5.41) is 2.07. The molecule has 0 fully saturated rings. The molecule has 3 aromatic rings. The van der Waals surface area contributed by atoms with Gasteiger partial charge in [0.15, 0.2) is 0 Å². The number of hydrogen-bond acceptors (Lipinski definition) is 8. The lowest BCUT2D eigenvalue weighted by atomic mass is 9.98. The van der Waals surface area contributed by atoms with E-state index in [9.17, 15) is 19.2 Å². The first-order valence-electron chi connectivity index (χ1n) is 12.5. The van der Waals surface area contributed by atoms with E-state index >= 15 is 0 Å². The van der Waals surface area contributed by atoms with Gasteiger partial charge in [0.25, 0.3) is 0 Å². The van der Waals surface area contributed by atoms with Crippen LogP contribution in [0, 0.1) is 0 Å². The average Bonchev–Trinajstić information content (AvgIpc) is 2.96. The summed E-state index contributed by atoms with van der Waals surface area (Å²) in [5.74, 6) is 0. The molecule has 38 heavy (non-hydrogen) atoms. The maximum atomic E-state index is 10.3. The third-order valence-corrected chi connectivity index (χ3v) is 5.93. The molecule has 0 radical (unpaired) electrons. The molecule has 0 saturated carbocycles. The minimum absolute atomic E-state index is 0.245. The fraction of sp³-hybridized carbons (Fsp3) is 0.333. The van der Waals surface area contributed by atoms with Crippen LogP contribution in [-0.2, 0) is 45.1 Å². The van der Waals surface area contributed by atoms with Crippen LogP contribution in [0.15, 0.2) is 80.6 Å². The van der Waals surface area contributed by atoms with Crippen molar-refractivity contribution in [1.82, 2.24) is 0 Å². The van der Waals surface area contributed by atoms with Gasteiger partial charge in [-0.15, -0.1) is 0 Å². The van der Waals surface area contributed by atoms with E-state index in [4.69, 9.17) is 0 Å². The maximum absolute atomic E-state index is 10.3. The van der Waals surface area contributed by atoms with Crippen molar-refractivity contribution in [2.24, 2.45) is 20.0 Å². The Morgan fingerprint density at radius 1 is 0.500 bits per heavy atom. The number of carbonyl (C=O) groups excluding carboxylic acids is 4. The summed E-state index contributed by atoms with van der Waals surface area (Å²) in [7, 11) is 0. The Labute approximate surface area is 222 Å². The highest BCUT2D eigenvalue weighted by molar-refractivity contribution is 5.86. The summed E-state index contributed by atoms with van der Waals surface area (Å²) in [4.78, 5) is 54.7. The van der Waals surface area contributed by atoms with Gasteiger partial charge in [0, 0.05) is 0 Å². The van der Waals surface area contributed by atoms with Crippen LogP contribution >= 0.6 is 0 Å². The van der Waals surface area contributed by atoms with Gasteiger partial charge in [-0.05, 0) is 71.6 Å². The highest BCUT2D eigenvalue weighted by atomic mass is 16.1. The van der Waals surface area contributed by atoms with Gasteiger partial charge in [0.2, 0.25) is 24.3 Å². The van der Waals surface area contributed by atoms with E-state index in [0.717, 1.165) is 60.4 Å². The Morgan fingerprint density at radius 2 is 1.03 bits per heavy atom. The van der Waals surface area contributed by atoms with Crippen LogP contribution in [0.3, 0.4) is 0 Å². The zero-order chi connectivity index (χ0) is 27.3. The zero-order valence-corrected chi connectivity index (χ0v) is 21.3. The van der Waals surface area contributed by atoms with Crippen molar-refractivity contribution in [3.63, 3.8) is 0 Å². The Balaban J connectivity index is 0.000000268. The monoisotopic (exact) mass is 510 g/mol. The van der Waals surface area contributed by atoms with E-state index in [1.807, 2.05) is 36.4 Å². The fourth-order valence-corrected chi connectivity index (χ4v) is 4.09. The molecule has 0 bridgehead atoms. The lowest BCUT2D eigenvalue weighted by molar-refractivity contribution is 0.561. The van der Waals surface area contributed by atoms with Crippen molar-refractivity contribution in [3.8, 4) is 0 Å². The van der Waals surface area contributed by atoms with Crippen molar-refractivity contribution in [3.05, 3.63) is 82.9 Å². The molecule has 0 spiro atoms. The normalized spacial score (nSPS) is 9.58. The number of fused-ring (bicyclic) bond motifs is 1. The van der Waals surface area contributed by atoms with E-state index in [1.165, 1.54) is 23.3 Å². The van der Waals surface area contributed by atoms with E-state index in [0.29, 0.717) is 13.1 Å². The lowest BCUT2D eigenvalue weighted by Gasteiger charge is -2.08. The second kappa shape index (κ2) is 18.7. The number of aryl methyl sites for hydroxylation is 2. The quantitative estimate of drug-likeness (QED) is 0.161. The Hall–Kier alpha value is -4.56. The van der Waals surface area contributed by atoms with Gasteiger partial charge < -0.3 is 0 Å². The molecule has 0 atom stereocenters. The molecular weight excluding hydrogens is 480 g/mol. The molecule has 3 aromatic carbocycles. The third kappa shape index (κ3) is 10.6. The van der Waals surface area contributed by atoms with Crippen LogP contribution in [0.4, 0.5) is 0 Å². The number of nitrogens with zero attached hydrogens (tertiary/aromatic N) is 4. The number of hydrogen-bond donors (Lipinski definition) is 0. The van der Waals surface area contributed by atoms with Gasteiger partial charge in [-0.1, -0.05) is 60.7 Å². The smallest absolute Gasteiger partial charge is 0.211 e. The van der Waals surface area contributed by atoms with Crippen molar-refractivity contribution in [2.45, 2.75) is 51.6 Å². The van der Waals surface area contributed by atoms with E-state index < -0.39 is 0 Å². The molecule has 3 rings (SSSR count). The summed E-state index contributed by atoms with van der Waals surface area (Å²) in [5.41, 5.74) is 4.49. The lowest BCUT2D eigenvalue weighted by Crippen LogP contribution is -1.96. The van der Waals surface area contributed by atoms with Crippen LogP contribution in [0.1, 0.15) is 47.9 Å². The Bertz CT molecular complexity index is 1320. The number of aliphatic imine (C=N–C) groups is 4. The predicted octanol–water partition coefficient (Wildman–Crippen LogP) is 5.52. The van der Waals surface area contributed by atoms with Crippen molar-refractivity contribution < 1.29 is 19.2 Å². The summed E-state index contributed by atoms with van der Waals surface area (Å²) in [6, 6.07) is 20.1. The van der Waals surface area contributed by atoms with Crippen molar-refractivity contribution >= 4 is 35.1 Å². The molecule has 8 heteroatoms. The van der Waals surface area contributed by atoms with Crippen LogP contribution in [0.2, 0.25) is 0 Å². The van der Waals surface area contributed by atoms with Gasteiger partial charge >= 0.3 is 0 Å². The van der Waals surface area contributed by atoms with Crippen molar-refractivity contribution in [1.29, 1.82) is 0 Å². The first-order valence-corrected chi connectivity index (χ1v) is 12.5. The fourth-order valence-electron chi connectivity index (χ4n) is 4.09. The minimum atomic E-state index is 0.245. The largest absolute Gasteiger partial charge is 0.235 e. The van der Waals surface area contributed by atoms with Crippen LogP contribution in [-0.4, -0.2) is 37.4 Å². The Morgan fingerprint density at radius 3 is 1.61 bits per heavy atom. The van der Waals surface area contributed by atoms with Gasteiger partial charge in [-0.2, -0.15) is 0 Å². The molecule has 0 saturated heterocycles. The molecule has 0 N–H and O–H groups in total. The second-order valence-electron chi connectivity index (χ2n) is 8.37. The average molecular weight is 511 g/mol. The van der Waals surface area contributed by atoms with E-state index in [-0.39, 0.29) is 13.1 Å². The number of isocyanates is 4. The highest BCUT2D eigenvalue weighted by Gasteiger charge is 2.06. The van der Waals surface area contributed by atoms with Crippen LogP contribution < -0.4 is 0 Å². The molecule has 0 aliphatic heterocycles. The molecule has 0 aliphatic rings. The topological polar surface area (TPSA) is 118 Å². The summed E-state index contributed by atoms with van der Waals surface area (Å²) in [6.45, 7) is 1.62. The molecule has 0 amide bonds. The molecule has 0 aromatic heterocycles. The summed E-state index contributed by atoms with van der Waals surface area (Å²) in [6.07, 6.45) is 12.1. The number of unbranched alkanes of at least 4 members (excludes halogenated alkanes) is 2. The van der Waals surface area contributed by atoms with Crippen LogP contribution in [0.25, 0.3) is 10.8 Å². The molecule has 0 heterocycles. The molecule has 0 aliphatic carbocycles. The van der Waals surface area contributed by atoms with E-state index in [2.05, 4.69) is 44.2 Å². The maximum Gasteiger partial charge on any atom is 0.235 e. The van der Waals surface area contributed by atoms with Gasteiger partial charge in [-0.25, -0.2) is 39.1 Å². The number of rotatable bonds is 14. The minimum Gasteiger partial charge on any atom is -0.211 e. The number of benzene rings is 3. The standard InChI is InChI=1S/C16H20N2O2.C14H10N2O2/c19-13-17-11-5-3-9-15-7-1-2-8-16(15)10-4-6-12-18-14-20;17-9-15-7-12-6-5-11-3-1-2-4-13(11)14(12)8-16-10-18/h1-2,7-8H,3-6,9-12H2;1-6H,7-8H2. The predicted molar refractivity (Wildman–Crippen MR) is 146 cm³/mol. The molecule has 8 nitrogen and oxygen atoms in total. The third-order valence-electron chi connectivity index (χ3n) is 5.93. The molecule has 194 valence electrons. The highest BCUT2D eigenvalue weighted by Crippen LogP contribution is 2.24. The second-order valence-corrected chi connectivity index (χ2v) is 8.37. The SMILES string of the molecule is O=C=NCCCCc1ccccc1CCCCN=C=O.O=C=NCc1ccc2ccccc2c1CN=C=O. The summed E-state index contributed by atoms with van der Waals surface area (Å²) < 4.78 is 0. The summed E-state index contributed by atoms with van der Waals surface area (Å²) >= 11 is 0. The van der Waals surface area contributed by atoms with Gasteiger partial charge in [0.05, 0.1) is 26.2 Å². The van der Waals surface area contributed by atoms with Gasteiger partial charge in [-0.3, -0.25) is 0 Å².